The Bertz CT molecular complexity index is 625. The van der Waals surface area contributed by atoms with Crippen LogP contribution in [-0.2, 0) is 11.2 Å². The average Bonchev–Trinajstić information content (AvgIpc) is 2.41. The van der Waals surface area contributed by atoms with Crippen molar-refractivity contribution in [3.8, 4) is 17.2 Å². The van der Waals surface area contributed by atoms with Gasteiger partial charge in [-0.05, 0) is 29.8 Å². The van der Waals surface area contributed by atoms with Crippen LogP contribution in [0.4, 0.5) is 4.39 Å². The van der Waals surface area contributed by atoms with E-state index in [0.717, 1.165) is 6.07 Å². The summed E-state index contributed by atoms with van der Waals surface area (Å²) < 4.78 is 24.3. The van der Waals surface area contributed by atoms with E-state index in [1.807, 2.05) is 0 Å². The van der Waals surface area contributed by atoms with E-state index in [0.29, 0.717) is 17.1 Å². The van der Waals surface area contributed by atoms with Crippen LogP contribution in [0, 0.1) is 5.82 Å². The van der Waals surface area contributed by atoms with Gasteiger partial charge in [-0.15, -0.1) is 0 Å². The van der Waals surface area contributed by atoms with Gasteiger partial charge in [0.25, 0.3) is 0 Å². The van der Waals surface area contributed by atoms with Crippen molar-refractivity contribution in [1.82, 2.24) is 0 Å². The van der Waals surface area contributed by atoms with Crippen molar-refractivity contribution >= 4 is 5.97 Å². The van der Waals surface area contributed by atoms with Gasteiger partial charge in [0, 0.05) is 6.07 Å². The predicted molar refractivity (Wildman–Crippen MR) is 70.8 cm³/mol. The Morgan fingerprint density at radius 3 is 2.60 bits per heavy atom. The van der Waals surface area contributed by atoms with E-state index in [2.05, 4.69) is 0 Å². The van der Waals surface area contributed by atoms with Crippen molar-refractivity contribution in [2.75, 3.05) is 7.11 Å². The van der Waals surface area contributed by atoms with Gasteiger partial charge in [-0.25, -0.2) is 4.39 Å². The molecule has 0 aliphatic carbocycles. The molecule has 0 amide bonds. The zero-order valence-corrected chi connectivity index (χ0v) is 10.8. The van der Waals surface area contributed by atoms with E-state index >= 15 is 0 Å². The van der Waals surface area contributed by atoms with E-state index in [4.69, 9.17) is 14.6 Å². The maximum atomic E-state index is 13.8. The third-order valence-electron chi connectivity index (χ3n) is 2.62. The molecular formula is C15H13FO4. The number of aliphatic carboxylic acids is 1. The van der Waals surface area contributed by atoms with Crippen molar-refractivity contribution in [1.29, 1.82) is 0 Å². The van der Waals surface area contributed by atoms with Gasteiger partial charge in [0.2, 0.25) is 0 Å². The molecule has 0 bridgehead atoms. The zero-order valence-electron chi connectivity index (χ0n) is 10.8. The van der Waals surface area contributed by atoms with Crippen LogP contribution < -0.4 is 9.47 Å². The van der Waals surface area contributed by atoms with E-state index in [1.54, 1.807) is 24.3 Å². The van der Waals surface area contributed by atoms with Crippen molar-refractivity contribution in [3.63, 3.8) is 0 Å². The summed E-state index contributed by atoms with van der Waals surface area (Å²) in [4.78, 5) is 10.6. The molecule has 0 saturated carbocycles. The fourth-order valence-electron chi connectivity index (χ4n) is 1.70. The molecule has 20 heavy (non-hydrogen) atoms. The summed E-state index contributed by atoms with van der Waals surface area (Å²) in [5, 5.41) is 8.65. The number of hydrogen-bond acceptors (Lipinski definition) is 3. The second-order valence-electron chi connectivity index (χ2n) is 4.12. The number of rotatable bonds is 5. The van der Waals surface area contributed by atoms with E-state index in [1.165, 1.54) is 19.2 Å². The third kappa shape index (κ3) is 3.47. The molecule has 2 aromatic carbocycles. The number of carbonyl (C=O) groups is 1. The predicted octanol–water partition coefficient (Wildman–Crippen LogP) is 3.25. The van der Waals surface area contributed by atoms with Gasteiger partial charge in [0.15, 0.2) is 11.6 Å². The first-order chi connectivity index (χ1) is 9.58. The minimum absolute atomic E-state index is 0.0346. The SMILES string of the molecule is COc1cccc(Oc2ccc(CC(=O)O)cc2F)c1. The Kier molecular flexibility index (Phi) is 4.20. The standard InChI is InChI=1S/C15H13FO4/c1-19-11-3-2-4-12(9-11)20-14-6-5-10(7-13(14)16)8-15(17)18/h2-7,9H,8H2,1H3,(H,17,18). The lowest BCUT2D eigenvalue weighted by Gasteiger charge is -2.09. The monoisotopic (exact) mass is 276 g/mol. The number of halogens is 1. The third-order valence-corrected chi connectivity index (χ3v) is 2.62. The Balaban J connectivity index is 2.18. The molecule has 1 N–H and O–H groups in total. The number of carboxylic acid groups (broad SMARTS) is 1. The van der Waals surface area contributed by atoms with E-state index < -0.39 is 11.8 Å². The van der Waals surface area contributed by atoms with Crippen molar-refractivity contribution in [2.45, 2.75) is 6.42 Å². The van der Waals surface area contributed by atoms with Crippen LogP contribution in [0.2, 0.25) is 0 Å². The van der Waals surface area contributed by atoms with Crippen LogP contribution in [0.25, 0.3) is 0 Å². The van der Waals surface area contributed by atoms with Crippen LogP contribution in [0.5, 0.6) is 17.2 Å². The van der Waals surface area contributed by atoms with Crippen LogP contribution in [0.3, 0.4) is 0 Å². The second-order valence-corrected chi connectivity index (χ2v) is 4.12. The van der Waals surface area contributed by atoms with Gasteiger partial charge in [0.05, 0.1) is 13.5 Å². The van der Waals surface area contributed by atoms with Gasteiger partial charge >= 0.3 is 5.97 Å². The van der Waals surface area contributed by atoms with Crippen LogP contribution in [0.15, 0.2) is 42.5 Å². The Labute approximate surface area is 115 Å². The molecule has 0 radical (unpaired) electrons. The lowest BCUT2D eigenvalue weighted by molar-refractivity contribution is -0.136. The van der Waals surface area contributed by atoms with Crippen LogP contribution in [-0.4, -0.2) is 18.2 Å². The summed E-state index contributed by atoms with van der Waals surface area (Å²) in [5.74, 6) is -0.538. The zero-order chi connectivity index (χ0) is 14.5. The van der Waals surface area contributed by atoms with Crippen LogP contribution in [0.1, 0.15) is 5.56 Å². The highest BCUT2D eigenvalue weighted by Crippen LogP contribution is 2.27. The van der Waals surface area contributed by atoms with E-state index in [-0.39, 0.29) is 12.2 Å². The molecule has 4 nitrogen and oxygen atoms in total. The number of ether oxygens (including phenoxy) is 2. The minimum atomic E-state index is -1.01. The maximum absolute atomic E-state index is 13.8. The number of benzene rings is 2. The number of methoxy groups -OCH3 is 1. The fraction of sp³-hybridized carbons (Fsp3) is 0.133. The molecular weight excluding hydrogens is 263 g/mol. The minimum Gasteiger partial charge on any atom is -0.497 e. The van der Waals surface area contributed by atoms with Gasteiger partial charge in [-0.2, -0.15) is 0 Å². The molecule has 2 aromatic rings. The van der Waals surface area contributed by atoms with Crippen molar-refractivity contribution in [2.24, 2.45) is 0 Å². The van der Waals surface area contributed by atoms with E-state index in [9.17, 15) is 9.18 Å². The van der Waals surface area contributed by atoms with Gasteiger partial charge in [-0.3, -0.25) is 4.79 Å². The first-order valence-corrected chi connectivity index (χ1v) is 5.90. The Hall–Kier alpha value is -2.56. The summed E-state index contributed by atoms with van der Waals surface area (Å²) in [6, 6.07) is 10.9. The Morgan fingerprint density at radius 1 is 1.20 bits per heavy atom. The molecule has 0 atom stereocenters. The first-order valence-electron chi connectivity index (χ1n) is 5.90. The molecule has 2 rings (SSSR count). The summed E-state index contributed by atoms with van der Waals surface area (Å²) in [6.07, 6.45) is -0.226. The molecule has 0 aromatic heterocycles. The number of carboxylic acids is 1. The highest BCUT2D eigenvalue weighted by Gasteiger charge is 2.08. The van der Waals surface area contributed by atoms with Crippen molar-refractivity contribution < 1.29 is 23.8 Å². The quantitative estimate of drug-likeness (QED) is 0.910. The summed E-state index contributed by atoms with van der Waals surface area (Å²) in [7, 11) is 1.53. The van der Waals surface area contributed by atoms with Gasteiger partial charge < -0.3 is 14.6 Å². The second kappa shape index (κ2) is 6.06. The molecule has 0 fully saturated rings. The highest BCUT2D eigenvalue weighted by molar-refractivity contribution is 5.70. The molecule has 0 aliphatic rings. The maximum Gasteiger partial charge on any atom is 0.307 e. The lowest BCUT2D eigenvalue weighted by atomic mass is 10.1. The van der Waals surface area contributed by atoms with Crippen LogP contribution >= 0.6 is 0 Å². The molecule has 0 aliphatic heterocycles. The largest absolute Gasteiger partial charge is 0.497 e. The molecule has 5 heteroatoms. The summed E-state index contributed by atoms with van der Waals surface area (Å²) in [5.41, 5.74) is 0.382. The number of hydrogen-bond donors (Lipinski definition) is 1. The van der Waals surface area contributed by atoms with Gasteiger partial charge in [0.1, 0.15) is 11.5 Å². The van der Waals surface area contributed by atoms with Gasteiger partial charge in [-0.1, -0.05) is 12.1 Å². The summed E-state index contributed by atoms with van der Waals surface area (Å²) in [6.45, 7) is 0. The highest BCUT2D eigenvalue weighted by atomic mass is 19.1. The molecule has 0 unspecified atom stereocenters. The van der Waals surface area contributed by atoms with Crippen molar-refractivity contribution in [3.05, 3.63) is 53.8 Å². The molecule has 0 heterocycles. The molecule has 0 spiro atoms. The topological polar surface area (TPSA) is 55.8 Å². The first kappa shape index (κ1) is 13.9. The molecule has 0 saturated heterocycles. The molecule has 104 valence electrons. The summed E-state index contributed by atoms with van der Waals surface area (Å²) >= 11 is 0. The average molecular weight is 276 g/mol. The fourth-order valence-corrected chi connectivity index (χ4v) is 1.70. The Morgan fingerprint density at radius 2 is 1.95 bits per heavy atom. The lowest BCUT2D eigenvalue weighted by Crippen LogP contribution is -2.00. The smallest absolute Gasteiger partial charge is 0.307 e. The normalized spacial score (nSPS) is 10.1.